The molecule has 6 unspecified atom stereocenters. The van der Waals surface area contributed by atoms with Gasteiger partial charge in [0, 0.05) is 12.8 Å². The molecule has 3 aliphatic rings. The maximum Gasteiger partial charge on any atom is 0.217 e. The normalized spacial score (nSPS) is 50.0. The Kier molecular flexibility index (Phi) is 10.0. The summed E-state index contributed by atoms with van der Waals surface area (Å²) in [6.07, 6.45) is -18.3. The molecule has 0 saturated carbocycles. The monoisotopic (exact) mass is 527 g/mol. The van der Waals surface area contributed by atoms with Crippen LogP contribution in [0, 0.1) is 5.92 Å². The first-order valence-corrected chi connectivity index (χ1v) is 11.8. The molecule has 210 valence electrons. The zero-order valence-corrected chi connectivity index (χ0v) is 20.1. The van der Waals surface area contributed by atoms with Crippen LogP contribution in [0.25, 0.3) is 0 Å². The highest BCUT2D eigenvalue weighted by Crippen LogP contribution is 2.34. The quantitative estimate of drug-likeness (QED) is 0.151. The predicted octanol–water partition coefficient (Wildman–Crippen LogP) is -5.13. The molecule has 0 bridgehead atoms. The molecule has 0 aromatic rings. The molecule has 15 atom stereocenters. The fraction of sp³-hybridized carbons (Fsp3) is 0.952. The van der Waals surface area contributed by atoms with Gasteiger partial charge in [-0.25, -0.2) is 0 Å². The van der Waals surface area contributed by atoms with Crippen molar-refractivity contribution in [3.05, 3.63) is 0 Å². The number of aliphatic hydroxyl groups is 8. The Balaban J connectivity index is 1.92. The van der Waals surface area contributed by atoms with Crippen molar-refractivity contribution in [2.45, 2.75) is 107 Å². The van der Waals surface area contributed by atoms with Gasteiger partial charge in [-0.2, -0.15) is 0 Å². The molecule has 3 aliphatic heterocycles. The van der Waals surface area contributed by atoms with Crippen LogP contribution < -0.4 is 5.32 Å². The van der Waals surface area contributed by atoms with Crippen LogP contribution >= 0.6 is 0 Å². The minimum Gasteiger partial charge on any atom is -0.394 e. The van der Waals surface area contributed by atoms with Crippen molar-refractivity contribution in [3.8, 4) is 0 Å². The van der Waals surface area contributed by atoms with Crippen LogP contribution in [-0.4, -0.2) is 146 Å². The second-order valence-corrected chi connectivity index (χ2v) is 9.42. The predicted molar refractivity (Wildman–Crippen MR) is 115 cm³/mol. The Hall–Kier alpha value is -1.05. The summed E-state index contributed by atoms with van der Waals surface area (Å²) in [5.74, 6) is -1.40. The molecule has 0 aromatic carbocycles. The van der Waals surface area contributed by atoms with E-state index in [4.69, 9.17) is 23.7 Å². The average Bonchev–Trinajstić information content (AvgIpc) is 2.84. The van der Waals surface area contributed by atoms with Crippen LogP contribution in [-0.2, 0) is 28.5 Å². The molecule has 9 N–H and O–H groups in total. The number of hydrogen-bond donors (Lipinski definition) is 9. The lowest BCUT2D eigenvalue weighted by molar-refractivity contribution is -0.367. The van der Waals surface area contributed by atoms with Gasteiger partial charge in [-0.1, -0.05) is 6.92 Å². The zero-order chi connectivity index (χ0) is 26.9. The van der Waals surface area contributed by atoms with Gasteiger partial charge in [0.25, 0.3) is 0 Å². The summed E-state index contributed by atoms with van der Waals surface area (Å²) < 4.78 is 28.2. The Labute approximate surface area is 207 Å². The summed E-state index contributed by atoms with van der Waals surface area (Å²) in [7, 11) is 0. The Morgan fingerprint density at radius 2 is 1.33 bits per heavy atom. The van der Waals surface area contributed by atoms with Crippen LogP contribution in [0.5, 0.6) is 0 Å². The number of carbonyl (C=O) groups is 1. The lowest BCUT2D eigenvalue weighted by Gasteiger charge is -2.49. The van der Waals surface area contributed by atoms with Crippen LogP contribution in [0.1, 0.15) is 20.8 Å². The maximum absolute atomic E-state index is 11.9. The molecule has 0 aliphatic carbocycles. The van der Waals surface area contributed by atoms with E-state index in [9.17, 15) is 45.6 Å². The summed E-state index contributed by atoms with van der Waals surface area (Å²) in [5, 5.41) is 83.9. The van der Waals surface area contributed by atoms with Crippen LogP contribution in [0.2, 0.25) is 0 Å². The molecule has 3 fully saturated rings. The van der Waals surface area contributed by atoms with Gasteiger partial charge < -0.3 is 69.9 Å². The minimum absolute atomic E-state index is 0.587. The van der Waals surface area contributed by atoms with Gasteiger partial charge in [0.2, 0.25) is 5.91 Å². The molecule has 0 spiro atoms. The van der Waals surface area contributed by atoms with Crippen molar-refractivity contribution >= 4 is 5.91 Å². The summed E-state index contributed by atoms with van der Waals surface area (Å²) >= 11 is 0. The molecule has 3 rings (SSSR count). The second kappa shape index (κ2) is 12.2. The van der Waals surface area contributed by atoms with Gasteiger partial charge in [0.15, 0.2) is 18.9 Å². The SMILES string of the molecule is CC(=O)NC1[C@H](O)OC(CO)[C@H](O[C@H]2O[C@H](CO)[C@@H](O)C(C)C2O)[C@@H]1O[C@@H]1OC(C)[C@H](O)[C@@H](O)C1O. The van der Waals surface area contributed by atoms with E-state index in [1.54, 1.807) is 0 Å². The van der Waals surface area contributed by atoms with E-state index in [0.29, 0.717) is 0 Å². The van der Waals surface area contributed by atoms with E-state index in [1.807, 2.05) is 0 Å². The van der Waals surface area contributed by atoms with Gasteiger partial charge in [-0.15, -0.1) is 0 Å². The molecule has 15 heteroatoms. The highest BCUT2D eigenvalue weighted by molar-refractivity contribution is 5.73. The zero-order valence-electron chi connectivity index (χ0n) is 20.1. The van der Waals surface area contributed by atoms with Gasteiger partial charge in [-0.05, 0) is 6.92 Å². The van der Waals surface area contributed by atoms with Gasteiger partial charge in [0.05, 0.1) is 25.4 Å². The Morgan fingerprint density at radius 1 is 0.750 bits per heavy atom. The largest absolute Gasteiger partial charge is 0.394 e. The van der Waals surface area contributed by atoms with Crippen LogP contribution in [0.3, 0.4) is 0 Å². The molecule has 36 heavy (non-hydrogen) atoms. The molecule has 3 saturated heterocycles. The van der Waals surface area contributed by atoms with Gasteiger partial charge in [0.1, 0.15) is 54.9 Å². The summed E-state index contributed by atoms with van der Waals surface area (Å²) in [4.78, 5) is 11.9. The maximum atomic E-state index is 11.9. The third-order valence-electron chi connectivity index (χ3n) is 6.83. The van der Waals surface area contributed by atoms with Crippen molar-refractivity contribution in [2.24, 2.45) is 5.92 Å². The van der Waals surface area contributed by atoms with Gasteiger partial charge >= 0.3 is 0 Å². The molecule has 3 heterocycles. The highest BCUT2D eigenvalue weighted by Gasteiger charge is 2.53. The number of amides is 1. The van der Waals surface area contributed by atoms with Crippen LogP contribution in [0.15, 0.2) is 0 Å². The second-order valence-electron chi connectivity index (χ2n) is 9.42. The first-order chi connectivity index (χ1) is 16.9. The number of ether oxygens (including phenoxy) is 5. The van der Waals surface area contributed by atoms with E-state index < -0.39 is 111 Å². The molecule has 0 radical (unpaired) electrons. The Bertz CT molecular complexity index is 729. The number of rotatable bonds is 7. The summed E-state index contributed by atoms with van der Waals surface area (Å²) in [6, 6.07) is -1.34. The first kappa shape index (κ1) is 29.5. The topological polar surface area (TPSA) is 237 Å². The van der Waals surface area contributed by atoms with E-state index in [2.05, 4.69) is 5.32 Å². The molecule has 1 amide bonds. The molecule has 15 nitrogen and oxygen atoms in total. The number of hydrogen-bond acceptors (Lipinski definition) is 14. The highest BCUT2D eigenvalue weighted by atomic mass is 16.7. The van der Waals surface area contributed by atoms with E-state index >= 15 is 0 Å². The number of aliphatic hydroxyl groups excluding tert-OH is 8. The third kappa shape index (κ3) is 5.99. The van der Waals surface area contributed by atoms with Crippen molar-refractivity contribution in [1.29, 1.82) is 0 Å². The fourth-order valence-corrected chi connectivity index (χ4v) is 4.60. The minimum atomic E-state index is -1.74. The number of carbonyl (C=O) groups excluding carboxylic acids is 1. The van der Waals surface area contributed by atoms with Crippen molar-refractivity contribution in [1.82, 2.24) is 5.32 Å². The van der Waals surface area contributed by atoms with Crippen LogP contribution in [0.4, 0.5) is 0 Å². The Morgan fingerprint density at radius 3 is 1.92 bits per heavy atom. The lowest BCUT2D eigenvalue weighted by atomic mass is 9.90. The molecular formula is C21H37NO14. The van der Waals surface area contributed by atoms with Crippen molar-refractivity contribution < 1.29 is 69.3 Å². The van der Waals surface area contributed by atoms with E-state index in [-0.39, 0.29) is 0 Å². The standard InChI is InChI=1S/C21H37NO14/c1-6-12(26)9(4-23)34-20(13(6)27)35-17-10(5-24)33-19(31)11(22-8(3)25)18(17)36-21-16(30)15(29)14(28)7(2)32-21/h6-7,9-21,23-24,26-31H,4-5H2,1-3H3,(H,22,25)/t6?,7?,9-,10?,11?,12+,13?,14+,15-,16?,17+,18-,19-,20-,21+/m1/s1. The third-order valence-corrected chi connectivity index (χ3v) is 6.83. The molecular weight excluding hydrogens is 490 g/mol. The number of nitrogens with one attached hydrogen (secondary N) is 1. The lowest BCUT2D eigenvalue weighted by Crippen LogP contribution is -2.69. The van der Waals surface area contributed by atoms with Crippen molar-refractivity contribution in [2.75, 3.05) is 13.2 Å². The summed E-state index contributed by atoms with van der Waals surface area (Å²) in [5.41, 5.74) is 0. The van der Waals surface area contributed by atoms with Crippen molar-refractivity contribution in [3.63, 3.8) is 0 Å². The summed E-state index contributed by atoms with van der Waals surface area (Å²) in [6.45, 7) is 2.80. The fourth-order valence-electron chi connectivity index (χ4n) is 4.60. The van der Waals surface area contributed by atoms with Gasteiger partial charge in [-0.3, -0.25) is 4.79 Å². The smallest absolute Gasteiger partial charge is 0.217 e. The molecule has 0 aromatic heterocycles. The first-order valence-electron chi connectivity index (χ1n) is 11.8. The van der Waals surface area contributed by atoms with E-state index in [0.717, 1.165) is 6.92 Å². The van der Waals surface area contributed by atoms with E-state index in [1.165, 1.54) is 13.8 Å². The average molecular weight is 528 g/mol.